The molecular weight excluding hydrogens is 546 g/mol. The number of Topliss-reactive ketones (excluding diaryl/α,β-unsaturated/α-hetero) is 1. The number of pyridine rings is 1. The maximum atomic E-state index is 11.9. The molecule has 41 heavy (non-hydrogen) atoms. The Morgan fingerprint density at radius 2 is 1.83 bits per heavy atom. The summed E-state index contributed by atoms with van der Waals surface area (Å²) in [6.07, 6.45) is 8.95. The summed E-state index contributed by atoms with van der Waals surface area (Å²) in [4.78, 5) is 16.7. The maximum absolute atomic E-state index is 11.9. The summed E-state index contributed by atoms with van der Waals surface area (Å²) in [5.41, 5.74) is 5.65. The Balaban J connectivity index is 1.37. The smallest absolute Gasteiger partial charge is 0.130 e. The van der Waals surface area contributed by atoms with Gasteiger partial charge in [0.15, 0.2) is 0 Å². The number of halogens is 1. The van der Waals surface area contributed by atoms with Gasteiger partial charge in [-0.25, -0.2) is 4.98 Å². The molecule has 1 fully saturated rings. The van der Waals surface area contributed by atoms with E-state index in [2.05, 4.69) is 48.5 Å². The van der Waals surface area contributed by atoms with Crippen molar-refractivity contribution in [3.8, 4) is 0 Å². The first-order valence-corrected chi connectivity index (χ1v) is 15.8. The molecule has 5 rings (SSSR count). The van der Waals surface area contributed by atoms with E-state index in [0.29, 0.717) is 11.4 Å². The number of rotatable bonds is 12. The Morgan fingerprint density at radius 3 is 2.59 bits per heavy atom. The van der Waals surface area contributed by atoms with Gasteiger partial charge in [0.2, 0.25) is 0 Å². The highest BCUT2D eigenvalue weighted by Gasteiger charge is 2.43. The van der Waals surface area contributed by atoms with E-state index in [4.69, 9.17) is 16.6 Å². The molecule has 1 N–H and O–H groups in total. The molecule has 0 saturated heterocycles. The number of hydrogen-bond donors (Lipinski definition) is 1. The van der Waals surface area contributed by atoms with Crippen LogP contribution >= 0.6 is 23.4 Å². The molecule has 1 aliphatic carbocycles. The zero-order valence-electron chi connectivity index (χ0n) is 24.1. The lowest BCUT2D eigenvalue weighted by molar-refractivity contribution is -0.117. The largest absolute Gasteiger partial charge is 0.386 e. The van der Waals surface area contributed by atoms with Crippen molar-refractivity contribution < 1.29 is 9.90 Å². The summed E-state index contributed by atoms with van der Waals surface area (Å²) in [6.45, 7) is 5.42. The Hall–Kier alpha value is -2.92. The van der Waals surface area contributed by atoms with E-state index in [1.807, 2.05) is 68.1 Å². The van der Waals surface area contributed by atoms with Crippen LogP contribution in [-0.4, -0.2) is 21.6 Å². The number of thioether (sulfide) groups is 1. The molecule has 3 aromatic carbocycles. The lowest BCUT2D eigenvalue weighted by atomic mass is 9.90. The van der Waals surface area contributed by atoms with Gasteiger partial charge < -0.3 is 9.90 Å². The average molecular weight is 584 g/mol. The van der Waals surface area contributed by atoms with E-state index in [9.17, 15) is 9.90 Å². The fourth-order valence-electron chi connectivity index (χ4n) is 5.57. The zero-order valence-corrected chi connectivity index (χ0v) is 25.6. The molecule has 1 aliphatic rings. The van der Waals surface area contributed by atoms with E-state index in [1.54, 1.807) is 6.92 Å². The fraction of sp³-hybridized carbons (Fsp3) is 0.333. The molecule has 0 spiro atoms. The summed E-state index contributed by atoms with van der Waals surface area (Å²) < 4.78 is 0. The van der Waals surface area contributed by atoms with Crippen molar-refractivity contribution in [1.29, 1.82) is 0 Å². The Morgan fingerprint density at radius 1 is 1.05 bits per heavy atom. The van der Waals surface area contributed by atoms with Crippen LogP contribution in [0.2, 0.25) is 5.02 Å². The third-order valence-corrected chi connectivity index (χ3v) is 9.85. The standard InChI is InChI=1S/C36H38ClNO2S/c1-25(39)23-36(19-20-36)24-41-34(18-14-27-8-4-5-10-32(27)35(2,3)40)29-9-6-7-26(21-29)11-16-31-17-13-28-12-15-30(37)22-33(28)38-31/h4-13,15-17,21-22,34,40H,14,18-20,23-24H2,1-3H3/b16-11-/t34-/m1/s1. The predicted molar refractivity (Wildman–Crippen MR) is 174 cm³/mol. The van der Waals surface area contributed by atoms with Gasteiger partial charge in [-0.2, -0.15) is 11.8 Å². The van der Waals surface area contributed by atoms with Gasteiger partial charge in [-0.1, -0.05) is 78.3 Å². The highest BCUT2D eigenvalue weighted by Crippen LogP contribution is 2.53. The summed E-state index contributed by atoms with van der Waals surface area (Å²) in [5, 5.41) is 12.8. The third-order valence-electron chi connectivity index (χ3n) is 7.93. The van der Waals surface area contributed by atoms with Gasteiger partial charge in [-0.15, -0.1) is 0 Å². The summed E-state index contributed by atoms with van der Waals surface area (Å²) in [7, 11) is 0. The minimum absolute atomic E-state index is 0.169. The van der Waals surface area contributed by atoms with Gasteiger partial charge in [-0.05, 0) is 104 Å². The van der Waals surface area contributed by atoms with Gasteiger partial charge in [0.05, 0.1) is 16.8 Å². The first kappa shape index (κ1) is 29.6. The van der Waals surface area contributed by atoms with Crippen LogP contribution in [0.1, 0.15) is 79.7 Å². The molecule has 4 aromatic rings. The van der Waals surface area contributed by atoms with Crippen molar-refractivity contribution in [2.24, 2.45) is 5.41 Å². The molecule has 1 saturated carbocycles. The van der Waals surface area contributed by atoms with Crippen LogP contribution < -0.4 is 0 Å². The second-order valence-corrected chi connectivity index (χ2v) is 13.6. The van der Waals surface area contributed by atoms with Crippen molar-refractivity contribution in [2.75, 3.05) is 5.75 Å². The van der Waals surface area contributed by atoms with Gasteiger partial charge in [0, 0.05) is 22.1 Å². The minimum Gasteiger partial charge on any atom is -0.386 e. The summed E-state index contributed by atoms with van der Waals surface area (Å²) in [6, 6.07) is 26.8. The monoisotopic (exact) mass is 583 g/mol. The quantitative estimate of drug-likeness (QED) is 0.180. The van der Waals surface area contributed by atoms with Crippen molar-refractivity contribution in [3.05, 3.63) is 112 Å². The normalized spacial score (nSPS) is 15.3. The lowest BCUT2D eigenvalue weighted by Crippen LogP contribution is -2.18. The summed E-state index contributed by atoms with van der Waals surface area (Å²) in [5.74, 6) is 1.28. The molecular formula is C36H38ClNO2S. The third kappa shape index (κ3) is 7.88. The zero-order chi connectivity index (χ0) is 29.0. The van der Waals surface area contributed by atoms with Crippen LogP contribution in [0, 0.1) is 5.41 Å². The van der Waals surface area contributed by atoms with Crippen LogP contribution in [0.15, 0.2) is 78.9 Å². The number of fused-ring (bicyclic) bond motifs is 1. The molecule has 0 unspecified atom stereocenters. The highest BCUT2D eigenvalue weighted by molar-refractivity contribution is 7.99. The van der Waals surface area contributed by atoms with Crippen molar-refractivity contribution >= 4 is 52.2 Å². The SMILES string of the molecule is CC(=O)CC1(CS[C@H](CCc2ccccc2C(C)(C)O)c2cccc(/C=C\c3ccc4ccc(Cl)cc4n3)c2)CC1. The minimum atomic E-state index is -0.883. The Kier molecular flexibility index (Phi) is 9.03. The molecule has 1 heterocycles. The van der Waals surface area contributed by atoms with Crippen molar-refractivity contribution in [3.63, 3.8) is 0 Å². The topological polar surface area (TPSA) is 50.2 Å². The van der Waals surface area contributed by atoms with E-state index in [-0.39, 0.29) is 16.4 Å². The van der Waals surface area contributed by atoms with Gasteiger partial charge >= 0.3 is 0 Å². The van der Waals surface area contributed by atoms with Crippen LogP contribution in [0.3, 0.4) is 0 Å². The molecule has 0 radical (unpaired) electrons. The molecule has 0 bridgehead atoms. The summed E-state index contributed by atoms with van der Waals surface area (Å²) >= 11 is 8.16. The molecule has 1 atom stereocenters. The first-order chi connectivity index (χ1) is 19.6. The number of ketones is 1. The molecule has 0 aliphatic heterocycles. The number of hydrogen-bond acceptors (Lipinski definition) is 4. The van der Waals surface area contributed by atoms with Crippen LogP contribution in [-0.2, 0) is 16.8 Å². The predicted octanol–water partition coefficient (Wildman–Crippen LogP) is 9.45. The fourth-order valence-corrected chi connectivity index (χ4v) is 7.30. The molecule has 1 aromatic heterocycles. The number of carbonyl (C=O) groups excluding carboxylic acids is 1. The van der Waals surface area contributed by atoms with Crippen molar-refractivity contribution in [1.82, 2.24) is 4.98 Å². The van der Waals surface area contributed by atoms with Crippen LogP contribution in [0.25, 0.3) is 23.1 Å². The number of aryl methyl sites for hydroxylation is 1. The van der Waals surface area contributed by atoms with E-state index >= 15 is 0 Å². The number of carbonyl (C=O) groups is 1. The van der Waals surface area contributed by atoms with Gasteiger partial charge in [0.1, 0.15) is 5.78 Å². The van der Waals surface area contributed by atoms with E-state index in [0.717, 1.165) is 59.2 Å². The second-order valence-electron chi connectivity index (χ2n) is 12.0. The lowest BCUT2D eigenvalue weighted by Gasteiger charge is -2.24. The molecule has 3 nitrogen and oxygen atoms in total. The van der Waals surface area contributed by atoms with Crippen molar-refractivity contribution in [2.45, 2.75) is 63.7 Å². The van der Waals surface area contributed by atoms with Crippen LogP contribution in [0.5, 0.6) is 0 Å². The van der Waals surface area contributed by atoms with Gasteiger partial charge in [-0.3, -0.25) is 0 Å². The Bertz CT molecular complexity index is 1570. The number of nitrogens with zero attached hydrogens (tertiary/aromatic N) is 1. The molecule has 0 amide bonds. The second kappa shape index (κ2) is 12.5. The molecule has 212 valence electrons. The van der Waals surface area contributed by atoms with E-state index in [1.165, 1.54) is 11.1 Å². The number of aromatic nitrogens is 1. The number of benzene rings is 3. The van der Waals surface area contributed by atoms with Crippen LogP contribution in [0.4, 0.5) is 0 Å². The van der Waals surface area contributed by atoms with Gasteiger partial charge in [0.25, 0.3) is 0 Å². The highest BCUT2D eigenvalue weighted by atomic mass is 35.5. The van der Waals surface area contributed by atoms with E-state index < -0.39 is 5.60 Å². The Labute approximate surface area is 253 Å². The first-order valence-electron chi connectivity index (χ1n) is 14.4. The molecule has 5 heteroatoms. The number of aliphatic hydroxyl groups is 1. The maximum Gasteiger partial charge on any atom is 0.130 e. The average Bonchev–Trinajstić information content (AvgIpc) is 3.70.